The van der Waals surface area contributed by atoms with Crippen LogP contribution in [-0.2, 0) is 4.79 Å². The van der Waals surface area contributed by atoms with Gasteiger partial charge in [-0.1, -0.05) is 6.08 Å². The Labute approximate surface area is 65.9 Å². The van der Waals surface area contributed by atoms with Crippen LogP contribution in [0.1, 0.15) is 12.8 Å². The van der Waals surface area contributed by atoms with Gasteiger partial charge >= 0.3 is 0 Å². The predicted molar refractivity (Wildman–Crippen MR) is 45.3 cm³/mol. The van der Waals surface area contributed by atoms with Crippen LogP contribution in [0.5, 0.6) is 0 Å². The predicted octanol–water partition coefficient (Wildman–Crippen LogP) is 1.88. The first-order valence-electron chi connectivity index (χ1n) is 3.63. The third-order valence-corrected chi connectivity index (χ3v) is 2.90. The third-order valence-electron chi connectivity index (χ3n) is 1.66. The lowest BCUT2D eigenvalue weighted by atomic mass is 10.1. The summed E-state index contributed by atoms with van der Waals surface area (Å²) >= 11 is 1.99. The van der Waals surface area contributed by atoms with E-state index in [1.54, 1.807) is 6.08 Å². The molecule has 0 aromatic rings. The molecule has 1 heterocycles. The van der Waals surface area contributed by atoms with E-state index in [0.717, 1.165) is 6.29 Å². The van der Waals surface area contributed by atoms with Crippen LogP contribution in [0.3, 0.4) is 0 Å². The minimum atomic E-state index is 0.656. The van der Waals surface area contributed by atoms with E-state index in [9.17, 15) is 4.79 Å². The second-order valence-corrected chi connectivity index (χ2v) is 3.65. The van der Waals surface area contributed by atoms with Gasteiger partial charge in [0.25, 0.3) is 0 Å². The fraction of sp³-hybridized carbons (Fsp3) is 0.625. The summed E-state index contributed by atoms with van der Waals surface area (Å²) in [6, 6.07) is 0. The summed E-state index contributed by atoms with van der Waals surface area (Å²) in [5.74, 6) is 3.15. The van der Waals surface area contributed by atoms with Gasteiger partial charge in [-0.3, -0.25) is 4.79 Å². The summed E-state index contributed by atoms with van der Waals surface area (Å²) in [5, 5.41) is 0. The molecule has 56 valence electrons. The van der Waals surface area contributed by atoms with Crippen molar-refractivity contribution in [1.82, 2.24) is 0 Å². The van der Waals surface area contributed by atoms with E-state index in [0.29, 0.717) is 5.92 Å². The van der Waals surface area contributed by atoms with Crippen molar-refractivity contribution >= 4 is 18.0 Å². The van der Waals surface area contributed by atoms with Crippen molar-refractivity contribution in [1.29, 1.82) is 0 Å². The van der Waals surface area contributed by atoms with Crippen molar-refractivity contribution in [3.63, 3.8) is 0 Å². The van der Waals surface area contributed by atoms with Gasteiger partial charge in [-0.05, 0) is 36.3 Å². The standard InChI is InChI=1S/C8H12OS/c9-5-1-3-8-4-2-6-10-7-8/h1,3,5,8H,2,4,6-7H2/b3-1+. The zero-order chi connectivity index (χ0) is 7.23. The van der Waals surface area contributed by atoms with Gasteiger partial charge < -0.3 is 0 Å². The Morgan fingerprint density at radius 2 is 2.40 bits per heavy atom. The Hall–Kier alpha value is -0.240. The molecule has 0 aromatic carbocycles. The fourth-order valence-corrected chi connectivity index (χ4v) is 2.24. The van der Waals surface area contributed by atoms with Crippen LogP contribution in [-0.4, -0.2) is 17.8 Å². The molecule has 0 radical (unpaired) electrons. The number of allylic oxidation sites excluding steroid dienone is 2. The molecule has 1 rings (SSSR count). The first-order valence-corrected chi connectivity index (χ1v) is 4.78. The molecule has 1 unspecified atom stereocenters. The van der Waals surface area contributed by atoms with Crippen molar-refractivity contribution in [2.75, 3.05) is 11.5 Å². The normalized spacial score (nSPS) is 27.0. The van der Waals surface area contributed by atoms with Crippen LogP contribution in [0, 0.1) is 5.92 Å². The van der Waals surface area contributed by atoms with Gasteiger partial charge in [0.15, 0.2) is 0 Å². The van der Waals surface area contributed by atoms with Crippen LogP contribution >= 0.6 is 11.8 Å². The fourth-order valence-electron chi connectivity index (χ4n) is 1.12. The number of hydrogen-bond donors (Lipinski definition) is 0. The summed E-state index contributed by atoms with van der Waals surface area (Å²) in [7, 11) is 0. The van der Waals surface area contributed by atoms with Gasteiger partial charge in [-0.2, -0.15) is 11.8 Å². The zero-order valence-corrected chi connectivity index (χ0v) is 6.77. The van der Waals surface area contributed by atoms with Gasteiger partial charge in [-0.25, -0.2) is 0 Å². The number of rotatable bonds is 2. The molecule has 1 atom stereocenters. The van der Waals surface area contributed by atoms with E-state index in [1.165, 1.54) is 24.3 Å². The van der Waals surface area contributed by atoms with Crippen LogP contribution in [0.4, 0.5) is 0 Å². The van der Waals surface area contributed by atoms with Crippen LogP contribution in [0.25, 0.3) is 0 Å². The second kappa shape index (κ2) is 4.56. The molecule has 10 heavy (non-hydrogen) atoms. The molecule has 0 spiro atoms. The highest BCUT2D eigenvalue weighted by molar-refractivity contribution is 7.99. The molecule has 1 nitrogen and oxygen atoms in total. The molecule has 0 N–H and O–H groups in total. The number of carbonyl (C=O) groups is 1. The number of hydrogen-bond acceptors (Lipinski definition) is 2. The van der Waals surface area contributed by atoms with Crippen molar-refractivity contribution in [2.24, 2.45) is 5.92 Å². The Kier molecular flexibility index (Phi) is 3.58. The monoisotopic (exact) mass is 156 g/mol. The molecule has 1 saturated heterocycles. The van der Waals surface area contributed by atoms with Crippen LogP contribution in [0.2, 0.25) is 0 Å². The molecular formula is C8H12OS. The largest absolute Gasteiger partial charge is 0.299 e. The zero-order valence-electron chi connectivity index (χ0n) is 5.95. The Balaban J connectivity index is 2.25. The quantitative estimate of drug-likeness (QED) is 0.448. The van der Waals surface area contributed by atoms with Crippen molar-refractivity contribution < 1.29 is 4.79 Å². The van der Waals surface area contributed by atoms with Crippen molar-refractivity contribution in [3.05, 3.63) is 12.2 Å². The van der Waals surface area contributed by atoms with Gasteiger partial charge in [0, 0.05) is 0 Å². The molecule has 1 fully saturated rings. The maximum Gasteiger partial charge on any atom is 0.142 e. The van der Waals surface area contributed by atoms with Crippen molar-refractivity contribution in [3.8, 4) is 0 Å². The smallest absolute Gasteiger partial charge is 0.142 e. The lowest BCUT2D eigenvalue weighted by Gasteiger charge is -2.16. The lowest BCUT2D eigenvalue weighted by Crippen LogP contribution is -2.07. The van der Waals surface area contributed by atoms with Crippen molar-refractivity contribution in [2.45, 2.75) is 12.8 Å². The summed E-state index contributed by atoms with van der Waals surface area (Å²) in [6.07, 6.45) is 7.07. The maximum atomic E-state index is 9.95. The van der Waals surface area contributed by atoms with E-state index in [-0.39, 0.29) is 0 Å². The molecule has 0 amide bonds. The average Bonchev–Trinajstić information content (AvgIpc) is 2.03. The summed E-state index contributed by atoms with van der Waals surface area (Å²) in [4.78, 5) is 9.95. The first-order chi connectivity index (χ1) is 4.93. The molecule has 2 heteroatoms. The second-order valence-electron chi connectivity index (χ2n) is 2.50. The van der Waals surface area contributed by atoms with E-state index in [1.807, 2.05) is 17.8 Å². The summed E-state index contributed by atoms with van der Waals surface area (Å²) in [6.45, 7) is 0. The van der Waals surface area contributed by atoms with E-state index >= 15 is 0 Å². The highest BCUT2D eigenvalue weighted by Gasteiger charge is 2.09. The average molecular weight is 156 g/mol. The maximum absolute atomic E-state index is 9.95. The van der Waals surface area contributed by atoms with Gasteiger partial charge in [0.1, 0.15) is 6.29 Å². The third kappa shape index (κ3) is 2.56. The highest BCUT2D eigenvalue weighted by atomic mass is 32.2. The van der Waals surface area contributed by atoms with E-state index < -0.39 is 0 Å². The highest BCUT2D eigenvalue weighted by Crippen LogP contribution is 2.22. The first kappa shape index (κ1) is 7.86. The number of carbonyl (C=O) groups excluding carboxylic acids is 1. The van der Waals surface area contributed by atoms with Gasteiger partial charge in [-0.15, -0.1) is 0 Å². The van der Waals surface area contributed by atoms with Gasteiger partial charge in [0.2, 0.25) is 0 Å². The minimum Gasteiger partial charge on any atom is -0.299 e. The van der Waals surface area contributed by atoms with Gasteiger partial charge in [0.05, 0.1) is 0 Å². The SMILES string of the molecule is O=C/C=C/C1CCCSC1. The summed E-state index contributed by atoms with van der Waals surface area (Å²) < 4.78 is 0. The van der Waals surface area contributed by atoms with Crippen LogP contribution < -0.4 is 0 Å². The van der Waals surface area contributed by atoms with E-state index in [2.05, 4.69) is 0 Å². The molecule has 0 aliphatic carbocycles. The molecule has 0 aromatic heterocycles. The molecule has 1 aliphatic rings. The molecule has 1 aliphatic heterocycles. The van der Waals surface area contributed by atoms with E-state index in [4.69, 9.17) is 0 Å². The lowest BCUT2D eigenvalue weighted by molar-refractivity contribution is -0.104. The Morgan fingerprint density at radius 3 is 3.00 bits per heavy atom. The number of thioether (sulfide) groups is 1. The van der Waals surface area contributed by atoms with Crippen LogP contribution in [0.15, 0.2) is 12.2 Å². The topological polar surface area (TPSA) is 17.1 Å². The Bertz CT molecular complexity index is 125. The summed E-state index contributed by atoms with van der Waals surface area (Å²) in [5.41, 5.74) is 0. The molecule has 0 bridgehead atoms. The minimum absolute atomic E-state index is 0.656. The number of aldehydes is 1. The molecule has 0 saturated carbocycles. The molecular weight excluding hydrogens is 144 g/mol. The Morgan fingerprint density at radius 1 is 1.50 bits per heavy atom.